The number of ether oxygens (including phenoxy) is 2. The molecule has 0 spiro atoms. The maximum absolute atomic E-state index is 10.5. The van der Waals surface area contributed by atoms with Crippen LogP contribution in [0.3, 0.4) is 0 Å². The van der Waals surface area contributed by atoms with E-state index in [4.69, 9.17) is 13.6 Å². The van der Waals surface area contributed by atoms with Crippen LogP contribution in [0.15, 0.2) is 6.20 Å². The summed E-state index contributed by atoms with van der Waals surface area (Å²) in [6.45, 7) is -0.160. The summed E-state index contributed by atoms with van der Waals surface area (Å²) in [5.74, 6) is 0.0818. The fourth-order valence-electron chi connectivity index (χ4n) is 1.25. The van der Waals surface area contributed by atoms with Gasteiger partial charge < -0.3 is 14.8 Å². The maximum Gasteiger partial charge on any atom is 0.257 e. The molecule has 1 N–H and O–H groups in total. The highest BCUT2D eigenvalue weighted by Crippen LogP contribution is 2.25. The van der Waals surface area contributed by atoms with E-state index < -0.39 is 6.98 Å². The number of nitrogens with one attached hydrogen (secondary N) is 1. The minimum absolute atomic E-state index is 0.0769. The SMILES string of the molecule is [2H]C([2H])([2H])n1cc(NC=O)c(O[C@@H]2CO[C@@H]2C)n1. The van der Waals surface area contributed by atoms with Crippen LogP contribution in [-0.2, 0) is 16.5 Å². The molecular weight excluding hydrogens is 198 g/mol. The average molecular weight is 214 g/mol. The number of anilines is 1. The van der Waals surface area contributed by atoms with Crippen molar-refractivity contribution in [2.75, 3.05) is 11.9 Å². The molecule has 82 valence electrons. The molecule has 1 aliphatic rings. The van der Waals surface area contributed by atoms with Gasteiger partial charge in [0.15, 0.2) is 0 Å². The van der Waals surface area contributed by atoms with Crippen molar-refractivity contribution in [2.24, 2.45) is 6.98 Å². The fraction of sp³-hybridized carbons (Fsp3) is 0.556. The van der Waals surface area contributed by atoms with Crippen LogP contribution in [-0.4, -0.2) is 35.0 Å². The highest BCUT2D eigenvalue weighted by Gasteiger charge is 2.31. The van der Waals surface area contributed by atoms with Gasteiger partial charge in [-0.3, -0.25) is 9.48 Å². The summed E-state index contributed by atoms with van der Waals surface area (Å²) in [6.07, 6.45) is 1.39. The van der Waals surface area contributed by atoms with Gasteiger partial charge in [0, 0.05) is 11.1 Å². The van der Waals surface area contributed by atoms with Gasteiger partial charge in [-0.2, -0.15) is 0 Å². The normalized spacial score (nSPS) is 28.2. The highest BCUT2D eigenvalue weighted by atomic mass is 16.6. The lowest BCUT2D eigenvalue weighted by Gasteiger charge is -2.33. The van der Waals surface area contributed by atoms with Crippen LogP contribution in [0, 0.1) is 0 Å². The number of hydrogen-bond donors (Lipinski definition) is 1. The standard InChI is InChI=1S/C9H13N3O3/c1-6-8(4-14-6)15-9-7(10-5-13)3-12(2)11-9/h3,5-6,8H,4H2,1-2H3,(H,10,13)/t6-,8-/m1/s1/i2D3. The van der Waals surface area contributed by atoms with Gasteiger partial charge >= 0.3 is 0 Å². The third-order valence-electron chi connectivity index (χ3n) is 2.20. The van der Waals surface area contributed by atoms with E-state index in [0.29, 0.717) is 13.0 Å². The second-order valence-corrected chi connectivity index (χ2v) is 3.25. The molecule has 6 heteroatoms. The number of nitrogens with zero attached hydrogens (tertiary/aromatic N) is 2. The molecule has 2 rings (SSSR count). The number of aryl methyl sites for hydroxylation is 1. The van der Waals surface area contributed by atoms with Crippen LogP contribution in [0.4, 0.5) is 5.69 Å². The van der Waals surface area contributed by atoms with Gasteiger partial charge in [0.05, 0.1) is 18.9 Å². The van der Waals surface area contributed by atoms with Crippen molar-refractivity contribution in [3.8, 4) is 5.88 Å². The van der Waals surface area contributed by atoms with E-state index in [1.807, 2.05) is 6.92 Å². The van der Waals surface area contributed by atoms with Crippen molar-refractivity contribution in [1.29, 1.82) is 0 Å². The fourth-order valence-corrected chi connectivity index (χ4v) is 1.25. The van der Waals surface area contributed by atoms with E-state index in [9.17, 15) is 4.79 Å². The van der Waals surface area contributed by atoms with Crippen molar-refractivity contribution in [3.05, 3.63) is 6.20 Å². The minimum Gasteiger partial charge on any atom is -0.467 e. The summed E-state index contributed by atoms with van der Waals surface area (Å²) in [5, 5.41) is 6.17. The van der Waals surface area contributed by atoms with E-state index in [-0.39, 0.29) is 23.8 Å². The van der Waals surface area contributed by atoms with Gasteiger partial charge in [-0.15, -0.1) is 5.10 Å². The third kappa shape index (κ3) is 1.94. The van der Waals surface area contributed by atoms with Crippen LogP contribution < -0.4 is 10.1 Å². The van der Waals surface area contributed by atoms with Crippen molar-refractivity contribution >= 4 is 12.1 Å². The predicted molar refractivity (Wildman–Crippen MR) is 52.7 cm³/mol. The lowest BCUT2D eigenvalue weighted by molar-refractivity contribution is -0.140. The number of amides is 1. The molecule has 1 aromatic rings. The highest BCUT2D eigenvalue weighted by molar-refractivity contribution is 5.73. The summed E-state index contributed by atoms with van der Waals surface area (Å²) in [7, 11) is 0. The molecule has 6 nitrogen and oxygen atoms in total. The van der Waals surface area contributed by atoms with Crippen LogP contribution in [0.2, 0.25) is 0 Å². The largest absolute Gasteiger partial charge is 0.467 e. The van der Waals surface area contributed by atoms with E-state index >= 15 is 0 Å². The first-order valence-electron chi connectivity index (χ1n) is 6.00. The van der Waals surface area contributed by atoms with E-state index in [1.165, 1.54) is 6.20 Å². The van der Waals surface area contributed by atoms with Gasteiger partial charge in [-0.1, -0.05) is 0 Å². The van der Waals surface area contributed by atoms with Gasteiger partial charge in [-0.25, -0.2) is 0 Å². The van der Waals surface area contributed by atoms with Crippen molar-refractivity contribution in [2.45, 2.75) is 19.1 Å². The van der Waals surface area contributed by atoms with Gasteiger partial charge in [-0.05, 0) is 6.92 Å². The second kappa shape index (κ2) is 3.90. The molecule has 15 heavy (non-hydrogen) atoms. The molecule has 2 heterocycles. The monoisotopic (exact) mass is 214 g/mol. The van der Waals surface area contributed by atoms with Crippen molar-refractivity contribution < 1.29 is 18.4 Å². The Labute approximate surface area is 91.4 Å². The molecule has 1 aromatic heterocycles. The van der Waals surface area contributed by atoms with Gasteiger partial charge in [0.2, 0.25) is 6.41 Å². The second-order valence-electron chi connectivity index (χ2n) is 3.25. The average Bonchev–Trinajstić information content (AvgIpc) is 2.68. The lowest BCUT2D eigenvalue weighted by Crippen LogP contribution is -2.46. The topological polar surface area (TPSA) is 65.4 Å². The molecule has 0 unspecified atom stereocenters. The molecule has 2 atom stereocenters. The zero-order chi connectivity index (χ0) is 13.3. The summed E-state index contributed by atoms with van der Waals surface area (Å²) in [4.78, 5) is 10.5. The Bertz CT molecular complexity index is 446. The summed E-state index contributed by atoms with van der Waals surface area (Å²) in [6, 6.07) is 0. The maximum atomic E-state index is 10.5. The quantitative estimate of drug-likeness (QED) is 0.725. The Hall–Kier alpha value is -1.56. The Balaban J connectivity index is 2.20. The van der Waals surface area contributed by atoms with Crippen LogP contribution >= 0.6 is 0 Å². The van der Waals surface area contributed by atoms with Crippen molar-refractivity contribution in [1.82, 2.24) is 9.78 Å². The Morgan fingerprint density at radius 3 is 3.33 bits per heavy atom. The Kier molecular flexibility index (Phi) is 1.78. The minimum atomic E-state index is -2.41. The molecule has 0 radical (unpaired) electrons. The van der Waals surface area contributed by atoms with E-state index in [0.717, 1.165) is 4.68 Å². The van der Waals surface area contributed by atoms with Crippen LogP contribution in [0.1, 0.15) is 11.0 Å². The summed E-state index contributed by atoms with van der Waals surface area (Å²) >= 11 is 0. The lowest BCUT2D eigenvalue weighted by atomic mass is 10.2. The first kappa shape index (κ1) is 6.84. The molecule has 0 saturated carbocycles. The van der Waals surface area contributed by atoms with Crippen LogP contribution in [0.25, 0.3) is 0 Å². The number of hydrogen-bond acceptors (Lipinski definition) is 4. The van der Waals surface area contributed by atoms with Crippen LogP contribution in [0.5, 0.6) is 5.88 Å². The number of carbonyl (C=O) groups is 1. The first-order chi connectivity index (χ1) is 8.41. The zero-order valence-corrected chi connectivity index (χ0v) is 8.14. The molecule has 1 saturated heterocycles. The smallest absolute Gasteiger partial charge is 0.257 e. The summed E-state index contributed by atoms with van der Waals surface area (Å²) in [5.41, 5.74) is 0.222. The van der Waals surface area contributed by atoms with Gasteiger partial charge in [0.25, 0.3) is 5.88 Å². The Morgan fingerprint density at radius 2 is 2.80 bits per heavy atom. The number of carbonyl (C=O) groups excluding carboxylic acids is 1. The van der Waals surface area contributed by atoms with Crippen molar-refractivity contribution in [3.63, 3.8) is 0 Å². The Morgan fingerprint density at radius 1 is 1.93 bits per heavy atom. The number of rotatable bonds is 4. The molecule has 1 fully saturated rings. The third-order valence-corrected chi connectivity index (χ3v) is 2.20. The molecular formula is C9H13N3O3. The first-order valence-corrected chi connectivity index (χ1v) is 4.50. The van der Waals surface area contributed by atoms with Gasteiger partial charge in [0.1, 0.15) is 11.8 Å². The van der Waals surface area contributed by atoms with E-state index in [2.05, 4.69) is 10.4 Å². The molecule has 0 aromatic carbocycles. The molecule has 0 aliphatic carbocycles. The molecule has 0 bridgehead atoms. The number of aromatic nitrogens is 2. The zero-order valence-electron chi connectivity index (χ0n) is 11.1. The molecule has 1 amide bonds. The van der Waals surface area contributed by atoms with E-state index in [1.54, 1.807) is 0 Å². The predicted octanol–water partition coefficient (Wildman–Crippen LogP) is 0.154. The molecule has 1 aliphatic heterocycles. The summed E-state index contributed by atoms with van der Waals surface area (Å²) < 4.78 is 33.1.